The second-order valence-corrected chi connectivity index (χ2v) is 8.37. The van der Waals surface area contributed by atoms with Crippen molar-refractivity contribution in [3.8, 4) is 0 Å². The maximum atomic E-state index is 12.6. The van der Waals surface area contributed by atoms with Gasteiger partial charge >= 0.3 is 0 Å². The highest BCUT2D eigenvalue weighted by atomic mass is 16.1. The Labute approximate surface area is 165 Å². The minimum absolute atomic E-state index is 0.0499. The minimum atomic E-state index is -0.0567. The molecule has 0 fully saturated rings. The fourth-order valence-electron chi connectivity index (χ4n) is 4.35. The molecule has 0 amide bonds. The van der Waals surface area contributed by atoms with E-state index in [4.69, 9.17) is 0 Å². The summed E-state index contributed by atoms with van der Waals surface area (Å²) >= 11 is 0. The van der Waals surface area contributed by atoms with Crippen LogP contribution >= 0.6 is 0 Å². The van der Waals surface area contributed by atoms with Crippen LogP contribution in [0.2, 0.25) is 0 Å². The van der Waals surface area contributed by atoms with E-state index in [2.05, 4.69) is 26.0 Å². The molecular formula is C24H38O3. The summed E-state index contributed by atoms with van der Waals surface area (Å²) in [4.78, 5) is 36.6. The zero-order chi connectivity index (χ0) is 20.4. The van der Waals surface area contributed by atoms with Gasteiger partial charge < -0.3 is 0 Å². The van der Waals surface area contributed by atoms with Gasteiger partial charge in [0.1, 0.15) is 17.3 Å². The van der Waals surface area contributed by atoms with E-state index >= 15 is 0 Å². The van der Waals surface area contributed by atoms with Gasteiger partial charge in [-0.2, -0.15) is 0 Å². The molecule has 0 bridgehead atoms. The third-order valence-corrected chi connectivity index (χ3v) is 5.90. The maximum absolute atomic E-state index is 12.6. The molecule has 0 aromatic heterocycles. The van der Waals surface area contributed by atoms with Crippen molar-refractivity contribution >= 4 is 17.3 Å². The van der Waals surface area contributed by atoms with Crippen LogP contribution in [0.15, 0.2) is 23.3 Å². The summed E-state index contributed by atoms with van der Waals surface area (Å²) in [6.45, 7) is 9.80. The molecule has 0 saturated carbocycles. The van der Waals surface area contributed by atoms with Gasteiger partial charge in [-0.15, -0.1) is 0 Å². The summed E-state index contributed by atoms with van der Waals surface area (Å²) in [5.41, 5.74) is 2.36. The lowest BCUT2D eigenvalue weighted by Crippen LogP contribution is -2.27. The Balaban J connectivity index is 2.90. The Kier molecular flexibility index (Phi) is 10.5. The molecule has 0 aromatic rings. The molecule has 3 heteroatoms. The highest BCUT2D eigenvalue weighted by Crippen LogP contribution is 2.33. The van der Waals surface area contributed by atoms with Gasteiger partial charge in [0, 0.05) is 18.8 Å². The largest absolute Gasteiger partial charge is 0.300 e. The molecule has 0 radical (unpaired) electrons. The van der Waals surface area contributed by atoms with Gasteiger partial charge in [0.25, 0.3) is 0 Å². The number of allylic oxidation sites excluding steroid dienone is 4. The molecule has 3 atom stereocenters. The number of hydrogen-bond donors (Lipinski definition) is 0. The number of carbonyl (C=O) groups is 3. The van der Waals surface area contributed by atoms with E-state index in [1.54, 1.807) is 0 Å². The summed E-state index contributed by atoms with van der Waals surface area (Å²) in [6.07, 6.45) is 11.2. The summed E-state index contributed by atoms with van der Waals surface area (Å²) in [5, 5.41) is 0. The number of Topliss-reactive ketones (excluding diaryl/α,β-unsaturated/α-hetero) is 3. The van der Waals surface area contributed by atoms with Gasteiger partial charge in [-0.3, -0.25) is 14.4 Å². The third kappa shape index (κ3) is 8.36. The first-order valence-electron chi connectivity index (χ1n) is 10.6. The van der Waals surface area contributed by atoms with Crippen molar-refractivity contribution in [3.63, 3.8) is 0 Å². The molecule has 152 valence electrons. The highest BCUT2D eigenvalue weighted by Gasteiger charge is 2.29. The van der Waals surface area contributed by atoms with Crippen LogP contribution in [-0.4, -0.2) is 17.3 Å². The number of ketones is 3. The minimum Gasteiger partial charge on any atom is -0.300 e. The van der Waals surface area contributed by atoms with Gasteiger partial charge in [0.2, 0.25) is 0 Å². The van der Waals surface area contributed by atoms with Crippen LogP contribution in [0.1, 0.15) is 92.4 Å². The summed E-state index contributed by atoms with van der Waals surface area (Å²) < 4.78 is 0. The first-order chi connectivity index (χ1) is 12.8. The van der Waals surface area contributed by atoms with Crippen LogP contribution in [-0.2, 0) is 14.4 Å². The van der Waals surface area contributed by atoms with E-state index in [1.165, 1.54) is 12.5 Å². The van der Waals surface area contributed by atoms with Crippen molar-refractivity contribution in [1.29, 1.82) is 0 Å². The lowest BCUT2D eigenvalue weighted by molar-refractivity contribution is -0.129. The van der Waals surface area contributed by atoms with Gasteiger partial charge in [-0.25, -0.2) is 0 Å². The molecule has 1 aliphatic rings. The lowest BCUT2D eigenvalue weighted by Gasteiger charge is -2.29. The van der Waals surface area contributed by atoms with Gasteiger partial charge in [-0.05, 0) is 58.3 Å². The monoisotopic (exact) mass is 374 g/mol. The first kappa shape index (κ1) is 23.5. The molecule has 0 N–H and O–H groups in total. The van der Waals surface area contributed by atoms with E-state index in [1.807, 2.05) is 13.8 Å². The molecule has 0 saturated heterocycles. The molecular weight excluding hydrogens is 336 g/mol. The van der Waals surface area contributed by atoms with Crippen LogP contribution < -0.4 is 0 Å². The predicted octanol–water partition coefficient (Wildman–Crippen LogP) is 6.02. The molecule has 0 heterocycles. The molecule has 27 heavy (non-hydrogen) atoms. The topological polar surface area (TPSA) is 51.2 Å². The average molecular weight is 375 g/mol. The number of rotatable bonds is 9. The van der Waals surface area contributed by atoms with Crippen molar-refractivity contribution in [1.82, 2.24) is 0 Å². The second-order valence-electron chi connectivity index (χ2n) is 8.37. The first-order valence-corrected chi connectivity index (χ1v) is 10.6. The molecule has 3 nitrogen and oxygen atoms in total. The smallest absolute Gasteiger partial charge is 0.143 e. The second kappa shape index (κ2) is 12.0. The maximum Gasteiger partial charge on any atom is 0.143 e. The van der Waals surface area contributed by atoms with Crippen molar-refractivity contribution in [2.75, 3.05) is 0 Å². The molecule has 0 spiro atoms. The Morgan fingerprint density at radius 3 is 2.52 bits per heavy atom. The van der Waals surface area contributed by atoms with E-state index in [0.29, 0.717) is 24.5 Å². The highest BCUT2D eigenvalue weighted by molar-refractivity contribution is 5.99. The van der Waals surface area contributed by atoms with E-state index in [-0.39, 0.29) is 29.8 Å². The Hall–Kier alpha value is -1.51. The Morgan fingerprint density at radius 2 is 1.93 bits per heavy atom. The average Bonchev–Trinajstić information content (AvgIpc) is 2.57. The van der Waals surface area contributed by atoms with Crippen molar-refractivity contribution in [2.24, 2.45) is 17.8 Å². The number of hydrogen-bond acceptors (Lipinski definition) is 3. The molecule has 0 aliphatic heterocycles. The molecule has 1 rings (SSSR count). The van der Waals surface area contributed by atoms with Crippen molar-refractivity contribution in [3.05, 3.63) is 23.3 Å². The third-order valence-electron chi connectivity index (χ3n) is 5.90. The molecule has 0 aromatic carbocycles. The summed E-state index contributed by atoms with van der Waals surface area (Å²) in [7, 11) is 0. The normalized spacial score (nSPS) is 24.9. The standard InChI is InChI=1S/C24H38O3/c1-6-10-21(23(7-2)24(27)14-19(5)25)15-20-12-9-8-11-17(3)18(4)13-22(26)16-20/h8,11,20-21,23H,6-7,9-10,12-16H2,1-5H3/b11-8-,18-17-. The molecule has 1 aliphatic carbocycles. The summed E-state index contributed by atoms with van der Waals surface area (Å²) in [6, 6.07) is 0. The fraction of sp³-hybridized carbons (Fsp3) is 0.708. The van der Waals surface area contributed by atoms with Crippen LogP contribution in [0.25, 0.3) is 0 Å². The summed E-state index contributed by atoms with van der Waals surface area (Å²) in [5.74, 6) is 0.887. The van der Waals surface area contributed by atoms with Crippen molar-refractivity contribution < 1.29 is 14.4 Å². The zero-order valence-electron chi connectivity index (χ0n) is 18.0. The van der Waals surface area contributed by atoms with Crippen LogP contribution in [0.4, 0.5) is 0 Å². The predicted molar refractivity (Wildman–Crippen MR) is 112 cm³/mol. The SMILES string of the molecule is CCCC(CC1CC/C=C\C(C)=C(\C)CC(=O)C1)C(CC)C(=O)CC(C)=O. The quantitative estimate of drug-likeness (QED) is 0.464. The van der Waals surface area contributed by atoms with Gasteiger partial charge in [0.05, 0.1) is 6.42 Å². The Bertz CT molecular complexity index is 582. The van der Waals surface area contributed by atoms with E-state index < -0.39 is 0 Å². The van der Waals surface area contributed by atoms with E-state index in [0.717, 1.165) is 44.1 Å². The van der Waals surface area contributed by atoms with Crippen LogP contribution in [0.5, 0.6) is 0 Å². The zero-order valence-corrected chi connectivity index (χ0v) is 18.0. The van der Waals surface area contributed by atoms with Crippen molar-refractivity contribution in [2.45, 2.75) is 92.4 Å². The Morgan fingerprint density at radius 1 is 1.22 bits per heavy atom. The fourth-order valence-corrected chi connectivity index (χ4v) is 4.35. The molecule has 3 unspecified atom stereocenters. The van der Waals surface area contributed by atoms with Crippen LogP contribution in [0.3, 0.4) is 0 Å². The van der Waals surface area contributed by atoms with Crippen LogP contribution in [0, 0.1) is 17.8 Å². The van der Waals surface area contributed by atoms with Gasteiger partial charge in [0.15, 0.2) is 0 Å². The number of carbonyl (C=O) groups excluding carboxylic acids is 3. The lowest BCUT2D eigenvalue weighted by atomic mass is 9.75. The van der Waals surface area contributed by atoms with Gasteiger partial charge in [-0.1, -0.05) is 50.0 Å². The van der Waals surface area contributed by atoms with E-state index in [9.17, 15) is 14.4 Å².